The van der Waals surface area contributed by atoms with Gasteiger partial charge in [-0.05, 0) is 44.4 Å². The van der Waals surface area contributed by atoms with Crippen LogP contribution in [0.15, 0.2) is 27.5 Å². The average molecular weight is 346 g/mol. The number of hydrogen-bond acceptors (Lipinski definition) is 6. The summed E-state index contributed by atoms with van der Waals surface area (Å²) in [5.41, 5.74) is 1.08. The maximum absolute atomic E-state index is 12.5. The van der Waals surface area contributed by atoms with Crippen molar-refractivity contribution in [2.45, 2.75) is 51.6 Å². The minimum atomic E-state index is 0.235. The largest absolute Gasteiger partial charge is 0.472 e. The second kappa shape index (κ2) is 8.29. The van der Waals surface area contributed by atoms with Gasteiger partial charge in [-0.2, -0.15) is 4.98 Å². The highest BCUT2D eigenvalue weighted by Gasteiger charge is 2.23. The number of hydrogen-bond donors (Lipinski definition) is 0. The van der Waals surface area contributed by atoms with Crippen molar-refractivity contribution in [3.8, 4) is 0 Å². The van der Waals surface area contributed by atoms with Crippen molar-refractivity contribution < 1.29 is 13.7 Å². The van der Waals surface area contributed by atoms with E-state index in [0.29, 0.717) is 24.9 Å². The van der Waals surface area contributed by atoms with Crippen molar-refractivity contribution in [2.75, 3.05) is 20.1 Å². The fourth-order valence-corrected chi connectivity index (χ4v) is 3.37. The third-order valence-electron chi connectivity index (χ3n) is 4.84. The van der Waals surface area contributed by atoms with Crippen LogP contribution in [-0.2, 0) is 17.8 Å². The maximum atomic E-state index is 12.5. The predicted octanol–water partition coefficient (Wildman–Crippen LogP) is 2.42. The molecule has 0 radical (unpaired) electrons. The van der Waals surface area contributed by atoms with Crippen LogP contribution in [-0.4, -0.2) is 52.0 Å². The Labute approximate surface area is 148 Å². The fourth-order valence-electron chi connectivity index (χ4n) is 3.37. The first kappa shape index (κ1) is 17.7. The summed E-state index contributed by atoms with van der Waals surface area (Å²) in [6.45, 7) is 4.13. The molecule has 1 saturated heterocycles. The molecule has 0 unspecified atom stereocenters. The Morgan fingerprint density at radius 3 is 3.00 bits per heavy atom. The SMILES string of the molecule is Cc1nc(CN(C)[C@H]2CCCN(C(=O)CCc3ccoc3)CC2)no1. The van der Waals surface area contributed by atoms with Crippen LogP contribution in [0.1, 0.15) is 43.0 Å². The number of carbonyl (C=O) groups excluding carboxylic acids is 1. The zero-order valence-corrected chi connectivity index (χ0v) is 15.0. The number of rotatable bonds is 6. The molecule has 1 fully saturated rings. The summed E-state index contributed by atoms with van der Waals surface area (Å²) in [6.07, 6.45) is 7.73. The van der Waals surface area contributed by atoms with E-state index in [-0.39, 0.29) is 5.91 Å². The highest BCUT2D eigenvalue weighted by atomic mass is 16.5. The zero-order chi connectivity index (χ0) is 17.6. The number of aryl methyl sites for hydroxylation is 2. The topological polar surface area (TPSA) is 75.6 Å². The molecule has 25 heavy (non-hydrogen) atoms. The van der Waals surface area contributed by atoms with E-state index in [9.17, 15) is 4.79 Å². The Morgan fingerprint density at radius 2 is 2.28 bits per heavy atom. The molecule has 1 amide bonds. The molecule has 1 aliphatic heterocycles. The molecule has 0 N–H and O–H groups in total. The number of nitrogens with zero attached hydrogens (tertiary/aromatic N) is 4. The lowest BCUT2D eigenvalue weighted by molar-refractivity contribution is -0.131. The van der Waals surface area contributed by atoms with Gasteiger partial charge in [0.15, 0.2) is 5.82 Å². The van der Waals surface area contributed by atoms with Gasteiger partial charge in [0.1, 0.15) is 0 Å². The zero-order valence-electron chi connectivity index (χ0n) is 15.0. The van der Waals surface area contributed by atoms with Gasteiger partial charge in [0.2, 0.25) is 11.8 Å². The summed E-state index contributed by atoms with van der Waals surface area (Å²) < 4.78 is 10.1. The first-order valence-corrected chi connectivity index (χ1v) is 8.90. The third-order valence-corrected chi connectivity index (χ3v) is 4.84. The summed E-state index contributed by atoms with van der Waals surface area (Å²) in [7, 11) is 2.09. The van der Waals surface area contributed by atoms with Crippen LogP contribution < -0.4 is 0 Å². The Balaban J connectivity index is 1.46. The summed E-state index contributed by atoms with van der Waals surface area (Å²) in [4.78, 5) is 21.0. The quantitative estimate of drug-likeness (QED) is 0.799. The van der Waals surface area contributed by atoms with Crippen molar-refractivity contribution in [3.05, 3.63) is 35.9 Å². The van der Waals surface area contributed by atoms with Gasteiger partial charge in [-0.3, -0.25) is 9.69 Å². The lowest BCUT2D eigenvalue weighted by atomic mass is 10.1. The number of carbonyl (C=O) groups is 1. The van der Waals surface area contributed by atoms with Gasteiger partial charge < -0.3 is 13.8 Å². The number of furan rings is 1. The molecule has 3 heterocycles. The molecule has 0 aliphatic carbocycles. The number of amides is 1. The monoisotopic (exact) mass is 346 g/mol. The van der Waals surface area contributed by atoms with Gasteiger partial charge in [-0.25, -0.2) is 0 Å². The Bertz CT molecular complexity index is 668. The molecule has 1 atom stereocenters. The van der Waals surface area contributed by atoms with Gasteiger partial charge >= 0.3 is 0 Å². The van der Waals surface area contributed by atoms with Gasteiger partial charge in [0.25, 0.3) is 0 Å². The molecular weight excluding hydrogens is 320 g/mol. The predicted molar refractivity (Wildman–Crippen MR) is 91.8 cm³/mol. The Kier molecular flexibility index (Phi) is 5.86. The molecule has 2 aromatic rings. The summed E-state index contributed by atoms with van der Waals surface area (Å²) in [6, 6.07) is 2.35. The standard InChI is InChI=1S/C18H26N4O3/c1-14-19-17(20-25-14)12-21(2)16-4-3-9-22(10-7-16)18(23)6-5-15-8-11-24-13-15/h8,11,13,16H,3-7,9-10,12H2,1-2H3/t16-/m0/s1. The first-order chi connectivity index (χ1) is 12.1. The van der Waals surface area contributed by atoms with E-state index in [2.05, 4.69) is 22.1 Å². The number of aromatic nitrogens is 2. The van der Waals surface area contributed by atoms with Gasteiger partial charge in [0.05, 0.1) is 19.1 Å². The number of likely N-dealkylation sites (tertiary alicyclic amines) is 1. The van der Waals surface area contributed by atoms with E-state index in [0.717, 1.165) is 50.2 Å². The smallest absolute Gasteiger partial charge is 0.223 e. The van der Waals surface area contributed by atoms with Gasteiger partial charge in [-0.15, -0.1) is 0 Å². The molecule has 7 nitrogen and oxygen atoms in total. The fraction of sp³-hybridized carbons (Fsp3) is 0.611. The first-order valence-electron chi connectivity index (χ1n) is 8.90. The van der Waals surface area contributed by atoms with Gasteiger partial charge in [0, 0.05) is 32.5 Å². The molecule has 0 bridgehead atoms. The minimum Gasteiger partial charge on any atom is -0.472 e. The molecule has 0 spiro atoms. The summed E-state index contributed by atoms with van der Waals surface area (Å²) >= 11 is 0. The lowest BCUT2D eigenvalue weighted by Crippen LogP contribution is -2.35. The maximum Gasteiger partial charge on any atom is 0.223 e. The molecule has 136 valence electrons. The minimum absolute atomic E-state index is 0.235. The van der Waals surface area contributed by atoms with Crippen molar-refractivity contribution in [2.24, 2.45) is 0 Å². The molecule has 3 rings (SSSR count). The van der Waals surface area contributed by atoms with Crippen molar-refractivity contribution in [1.82, 2.24) is 19.9 Å². The summed E-state index contributed by atoms with van der Waals surface area (Å²) in [5, 5.41) is 3.97. The van der Waals surface area contributed by atoms with Crippen molar-refractivity contribution >= 4 is 5.91 Å². The van der Waals surface area contributed by atoms with Crippen LogP contribution in [0.3, 0.4) is 0 Å². The van der Waals surface area contributed by atoms with E-state index in [4.69, 9.17) is 8.94 Å². The third kappa shape index (κ3) is 4.92. The van der Waals surface area contributed by atoms with E-state index in [1.807, 2.05) is 11.0 Å². The van der Waals surface area contributed by atoms with E-state index >= 15 is 0 Å². The highest BCUT2D eigenvalue weighted by Crippen LogP contribution is 2.18. The van der Waals surface area contributed by atoms with E-state index in [1.165, 1.54) is 0 Å². The molecule has 7 heteroatoms. The van der Waals surface area contributed by atoms with E-state index in [1.54, 1.807) is 19.5 Å². The summed E-state index contributed by atoms with van der Waals surface area (Å²) in [5.74, 6) is 1.55. The van der Waals surface area contributed by atoms with Crippen LogP contribution in [0.2, 0.25) is 0 Å². The molecule has 0 aromatic carbocycles. The molecule has 1 aliphatic rings. The van der Waals surface area contributed by atoms with Crippen molar-refractivity contribution in [1.29, 1.82) is 0 Å². The molecular formula is C18H26N4O3. The lowest BCUT2D eigenvalue weighted by Gasteiger charge is -2.26. The Hall–Kier alpha value is -2.15. The van der Waals surface area contributed by atoms with Crippen LogP contribution in [0.5, 0.6) is 0 Å². The Morgan fingerprint density at radius 1 is 1.40 bits per heavy atom. The second-order valence-electron chi connectivity index (χ2n) is 6.74. The van der Waals surface area contributed by atoms with Crippen LogP contribution in [0.25, 0.3) is 0 Å². The highest BCUT2D eigenvalue weighted by molar-refractivity contribution is 5.76. The average Bonchev–Trinajstić information content (AvgIpc) is 3.18. The van der Waals surface area contributed by atoms with Crippen LogP contribution in [0.4, 0.5) is 0 Å². The molecule has 2 aromatic heterocycles. The van der Waals surface area contributed by atoms with Crippen LogP contribution >= 0.6 is 0 Å². The molecule has 0 saturated carbocycles. The van der Waals surface area contributed by atoms with Crippen molar-refractivity contribution in [3.63, 3.8) is 0 Å². The van der Waals surface area contributed by atoms with Gasteiger partial charge in [-0.1, -0.05) is 5.16 Å². The van der Waals surface area contributed by atoms with E-state index < -0.39 is 0 Å². The second-order valence-corrected chi connectivity index (χ2v) is 6.74. The normalized spacial score (nSPS) is 18.5. The van der Waals surface area contributed by atoms with Crippen LogP contribution in [0, 0.1) is 6.92 Å².